The van der Waals surface area contributed by atoms with Crippen LogP contribution in [0.15, 0.2) is 54.6 Å². The summed E-state index contributed by atoms with van der Waals surface area (Å²) < 4.78 is 18.8. The molecule has 0 saturated carbocycles. The van der Waals surface area contributed by atoms with Gasteiger partial charge in [-0.05, 0) is 42.0 Å². The Bertz CT molecular complexity index is 672. The van der Waals surface area contributed by atoms with Crippen molar-refractivity contribution in [3.63, 3.8) is 0 Å². The van der Waals surface area contributed by atoms with E-state index in [-0.39, 0.29) is 11.7 Å². The zero-order chi connectivity index (χ0) is 17.5. The Balaban J connectivity index is 1.45. The molecule has 1 fully saturated rings. The predicted molar refractivity (Wildman–Crippen MR) is 95.5 cm³/mol. The minimum atomic E-state index is -0.273. The fourth-order valence-corrected chi connectivity index (χ4v) is 3.23. The number of carbonyl (C=O) groups excluding carboxylic acids is 1. The summed E-state index contributed by atoms with van der Waals surface area (Å²) in [5.74, 6) is 0.221. The number of amides is 1. The van der Waals surface area contributed by atoms with Gasteiger partial charge in [0.15, 0.2) is 0 Å². The highest BCUT2D eigenvalue weighted by Gasteiger charge is 2.23. The summed E-state index contributed by atoms with van der Waals surface area (Å²) in [4.78, 5) is 14.4. The number of likely N-dealkylation sites (tertiary alicyclic amines) is 1. The summed E-state index contributed by atoms with van der Waals surface area (Å²) in [5.41, 5.74) is 2.02. The Morgan fingerprint density at radius 2 is 1.84 bits per heavy atom. The second-order valence-electron chi connectivity index (χ2n) is 6.65. The topological polar surface area (TPSA) is 29.5 Å². The van der Waals surface area contributed by atoms with Gasteiger partial charge in [-0.15, -0.1) is 0 Å². The summed E-state index contributed by atoms with van der Waals surface area (Å²) in [6, 6.07) is 16.3. The van der Waals surface area contributed by atoms with E-state index in [2.05, 4.69) is 12.1 Å². The second kappa shape index (κ2) is 8.77. The Hall–Kier alpha value is -2.20. The third-order valence-electron chi connectivity index (χ3n) is 4.61. The fraction of sp³-hybridized carbons (Fsp3) is 0.381. The van der Waals surface area contributed by atoms with Crippen LogP contribution in [0.3, 0.4) is 0 Å². The lowest BCUT2D eigenvalue weighted by atomic mass is 9.98. The van der Waals surface area contributed by atoms with Crippen LogP contribution in [0.25, 0.3) is 0 Å². The average Bonchev–Trinajstić information content (AvgIpc) is 2.65. The molecule has 25 heavy (non-hydrogen) atoms. The monoisotopic (exact) mass is 341 g/mol. The van der Waals surface area contributed by atoms with Crippen LogP contribution in [0.5, 0.6) is 0 Å². The molecule has 0 radical (unpaired) electrons. The van der Waals surface area contributed by atoms with Crippen molar-refractivity contribution in [1.82, 2.24) is 4.90 Å². The van der Waals surface area contributed by atoms with Crippen LogP contribution in [0.4, 0.5) is 4.39 Å². The number of ether oxygens (including phenoxy) is 1. The van der Waals surface area contributed by atoms with E-state index >= 15 is 0 Å². The largest absolute Gasteiger partial charge is 0.376 e. The van der Waals surface area contributed by atoms with E-state index in [1.165, 1.54) is 17.7 Å². The van der Waals surface area contributed by atoms with Gasteiger partial charge in [0, 0.05) is 13.1 Å². The van der Waals surface area contributed by atoms with E-state index in [4.69, 9.17) is 4.74 Å². The normalized spacial score (nSPS) is 17.5. The van der Waals surface area contributed by atoms with Crippen molar-refractivity contribution in [1.29, 1.82) is 0 Å². The SMILES string of the molecule is O=C(Cc1ccc(F)cc1)N1CCCC(COCc2ccccc2)C1. The van der Waals surface area contributed by atoms with Crippen molar-refractivity contribution >= 4 is 5.91 Å². The molecule has 1 atom stereocenters. The Morgan fingerprint density at radius 1 is 1.08 bits per heavy atom. The third-order valence-corrected chi connectivity index (χ3v) is 4.61. The van der Waals surface area contributed by atoms with Crippen molar-refractivity contribution in [3.8, 4) is 0 Å². The Labute approximate surface area is 148 Å². The number of hydrogen-bond donors (Lipinski definition) is 0. The molecular weight excluding hydrogens is 317 g/mol. The molecule has 132 valence electrons. The first-order chi connectivity index (χ1) is 12.2. The number of halogens is 1. The van der Waals surface area contributed by atoms with Crippen LogP contribution >= 0.6 is 0 Å². The molecular formula is C21H24FNO2. The van der Waals surface area contributed by atoms with E-state index in [1.807, 2.05) is 23.1 Å². The molecule has 4 heteroatoms. The van der Waals surface area contributed by atoms with Crippen molar-refractivity contribution in [2.75, 3.05) is 19.7 Å². The van der Waals surface area contributed by atoms with Crippen LogP contribution in [0.2, 0.25) is 0 Å². The van der Waals surface area contributed by atoms with Crippen molar-refractivity contribution in [2.24, 2.45) is 5.92 Å². The maximum atomic E-state index is 13.0. The van der Waals surface area contributed by atoms with E-state index in [0.29, 0.717) is 25.6 Å². The lowest BCUT2D eigenvalue weighted by Gasteiger charge is -2.32. The summed E-state index contributed by atoms with van der Waals surface area (Å²) >= 11 is 0. The Kier molecular flexibility index (Phi) is 6.18. The second-order valence-corrected chi connectivity index (χ2v) is 6.65. The molecule has 0 aliphatic carbocycles. The van der Waals surface area contributed by atoms with Gasteiger partial charge in [0.1, 0.15) is 5.82 Å². The first-order valence-corrected chi connectivity index (χ1v) is 8.84. The number of piperidine rings is 1. The maximum Gasteiger partial charge on any atom is 0.226 e. The van der Waals surface area contributed by atoms with Gasteiger partial charge in [0.05, 0.1) is 19.6 Å². The molecule has 1 aliphatic heterocycles. The fourth-order valence-electron chi connectivity index (χ4n) is 3.23. The molecule has 3 nitrogen and oxygen atoms in total. The first-order valence-electron chi connectivity index (χ1n) is 8.84. The van der Waals surface area contributed by atoms with Gasteiger partial charge >= 0.3 is 0 Å². The zero-order valence-electron chi connectivity index (χ0n) is 14.4. The zero-order valence-corrected chi connectivity index (χ0v) is 14.4. The molecule has 0 aromatic heterocycles. The molecule has 2 aromatic carbocycles. The van der Waals surface area contributed by atoms with Gasteiger partial charge in [-0.25, -0.2) is 4.39 Å². The van der Waals surface area contributed by atoms with E-state index in [0.717, 1.165) is 31.5 Å². The van der Waals surface area contributed by atoms with Crippen LogP contribution < -0.4 is 0 Å². The summed E-state index contributed by atoms with van der Waals surface area (Å²) in [6.07, 6.45) is 2.43. The smallest absolute Gasteiger partial charge is 0.226 e. The van der Waals surface area contributed by atoms with Gasteiger partial charge in [0.25, 0.3) is 0 Å². The van der Waals surface area contributed by atoms with Crippen molar-refractivity contribution < 1.29 is 13.9 Å². The molecule has 2 aromatic rings. The maximum absolute atomic E-state index is 13.0. The number of rotatable bonds is 6. The number of nitrogens with zero attached hydrogens (tertiary/aromatic N) is 1. The molecule has 3 rings (SSSR count). The summed E-state index contributed by atoms with van der Waals surface area (Å²) in [7, 11) is 0. The highest BCUT2D eigenvalue weighted by molar-refractivity contribution is 5.78. The van der Waals surface area contributed by atoms with Crippen LogP contribution in [0.1, 0.15) is 24.0 Å². The minimum absolute atomic E-state index is 0.111. The van der Waals surface area contributed by atoms with Crippen LogP contribution in [-0.4, -0.2) is 30.5 Å². The quantitative estimate of drug-likeness (QED) is 0.799. The summed E-state index contributed by atoms with van der Waals surface area (Å²) in [6.45, 7) is 2.83. The van der Waals surface area contributed by atoms with E-state index in [1.54, 1.807) is 12.1 Å². The van der Waals surface area contributed by atoms with E-state index in [9.17, 15) is 9.18 Å². The van der Waals surface area contributed by atoms with E-state index < -0.39 is 0 Å². The molecule has 1 saturated heterocycles. The van der Waals surface area contributed by atoms with Crippen molar-refractivity contribution in [2.45, 2.75) is 25.9 Å². The van der Waals surface area contributed by atoms with Gasteiger partial charge < -0.3 is 9.64 Å². The summed E-state index contributed by atoms with van der Waals surface area (Å²) in [5, 5.41) is 0. The standard InChI is InChI=1S/C21H24FNO2/c22-20-10-8-17(9-11-20)13-21(24)23-12-4-7-19(14-23)16-25-15-18-5-2-1-3-6-18/h1-3,5-6,8-11,19H,4,7,12-16H2. The molecule has 1 amide bonds. The van der Waals surface area contributed by atoms with Gasteiger partial charge in [0.2, 0.25) is 5.91 Å². The molecule has 0 bridgehead atoms. The highest BCUT2D eigenvalue weighted by atomic mass is 19.1. The third kappa shape index (κ3) is 5.40. The predicted octanol–water partition coefficient (Wildman–Crippen LogP) is 3.82. The minimum Gasteiger partial charge on any atom is -0.376 e. The lowest BCUT2D eigenvalue weighted by Crippen LogP contribution is -2.41. The van der Waals surface area contributed by atoms with Gasteiger partial charge in [-0.1, -0.05) is 42.5 Å². The number of carbonyl (C=O) groups is 1. The van der Waals surface area contributed by atoms with Crippen LogP contribution in [0, 0.1) is 11.7 Å². The van der Waals surface area contributed by atoms with Crippen LogP contribution in [-0.2, 0) is 22.6 Å². The Morgan fingerprint density at radius 3 is 2.60 bits per heavy atom. The molecule has 0 N–H and O–H groups in total. The number of benzene rings is 2. The average molecular weight is 341 g/mol. The molecule has 1 heterocycles. The molecule has 1 aliphatic rings. The first kappa shape index (κ1) is 17.6. The lowest BCUT2D eigenvalue weighted by molar-refractivity contribution is -0.132. The highest BCUT2D eigenvalue weighted by Crippen LogP contribution is 2.18. The number of hydrogen-bond acceptors (Lipinski definition) is 2. The van der Waals surface area contributed by atoms with Crippen molar-refractivity contribution in [3.05, 3.63) is 71.5 Å². The molecule has 0 spiro atoms. The molecule has 1 unspecified atom stereocenters. The van der Waals surface area contributed by atoms with Gasteiger partial charge in [-0.3, -0.25) is 4.79 Å². The van der Waals surface area contributed by atoms with Gasteiger partial charge in [-0.2, -0.15) is 0 Å².